The van der Waals surface area contributed by atoms with Crippen molar-refractivity contribution < 1.29 is 43.0 Å². The number of fused-ring (bicyclic) bond motifs is 6. The molecule has 786 valence electrons. The molecule has 0 N–H and O–H groups in total. The van der Waals surface area contributed by atoms with Gasteiger partial charge in [0.2, 0.25) is 17.7 Å². The molecule has 6 amide bonds. The first-order valence-electron chi connectivity index (χ1n) is 54.9. The number of hydrogen-bond donors (Lipinski definition) is 0. The Bertz CT molecular complexity index is 6550. The molecule has 9 aliphatic rings. The molecule has 25 nitrogen and oxygen atoms in total. The predicted molar refractivity (Wildman–Crippen MR) is 586 cm³/mol. The second kappa shape index (κ2) is 51.1. The van der Waals surface area contributed by atoms with Gasteiger partial charge in [0.25, 0.3) is 0 Å². The minimum absolute atomic E-state index is 0.0444. The van der Waals surface area contributed by atoms with Gasteiger partial charge in [0.05, 0.1) is 47.2 Å². The minimum atomic E-state index is -0.732. The molecule has 0 radical (unpaired) electrons. The molecule has 9 heterocycles. The number of hydrogen-bond acceptors (Lipinski definition) is 16. The maximum atomic E-state index is 15.0. The van der Waals surface area contributed by atoms with E-state index < -0.39 is 18.1 Å². The van der Waals surface area contributed by atoms with Gasteiger partial charge in [-0.15, -0.1) is 0 Å². The number of nitrogens with zero attached hydrogens (tertiary/aromatic N) is 16. The lowest BCUT2D eigenvalue weighted by Gasteiger charge is -2.45. The van der Waals surface area contributed by atoms with Crippen molar-refractivity contribution in [3.05, 3.63) is 366 Å². The Morgan fingerprint density at radius 3 is 1.07 bits per heavy atom. The van der Waals surface area contributed by atoms with Gasteiger partial charge in [-0.05, 0) is 294 Å². The normalized spacial score (nSPS) is 19.7. The average molecular weight is 2080 g/mol. The number of benzene rings is 6. The summed E-state index contributed by atoms with van der Waals surface area (Å²) in [4.78, 5) is 124. The van der Waals surface area contributed by atoms with Crippen LogP contribution >= 0.6 is 34.8 Å². The molecule has 0 spiro atoms. The van der Waals surface area contributed by atoms with Crippen LogP contribution in [0.5, 0.6) is 0 Å². The molecule has 6 atom stereocenters. The zero-order valence-electron chi connectivity index (χ0n) is 87.0. The number of amides is 6. The van der Waals surface area contributed by atoms with E-state index in [1.807, 2.05) is 154 Å². The lowest BCUT2D eigenvalue weighted by molar-refractivity contribution is -0.140. The largest absolute Gasteiger partial charge is 0.446 e. The third-order valence-electron chi connectivity index (χ3n) is 32.0. The summed E-state index contributed by atoms with van der Waals surface area (Å²) >= 11 is 19.6. The van der Waals surface area contributed by atoms with Crippen LogP contribution in [0.1, 0.15) is 235 Å². The van der Waals surface area contributed by atoms with E-state index in [2.05, 4.69) is 158 Å². The van der Waals surface area contributed by atoms with Crippen LogP contribution in [0, 0.1) is 13.8 Å². The summed E-state index contributed by atoms with van der Waals surface area (Å²) in [6.07, 6.45) is 37.3. The van der Waals surface area contributed by atoms with E-state index in [1.165, 1.54) is 75.0 Å². The Morgan fingerprint density at radius 1 is 0.353 bits per heavy atom. The molecule has 3 saturated heterocycles. The molecule has 21 rings (SSSR count). The molecular weight excluding hydrogens is 1940 g/mol. The number of piperazine rings is 3. The fourth-order valence-electron chi connectivity index (χ4n) is 24.0. The molecule has 6 aliphatic carbocycles. The lowest BCUT2D eigenvalue weighted by Crippen LogP contribution is -2.62. The van der Waals surface area contributed by atoms with E-state index >= 15 is 9.59 Å². The van der Waals surface area contributed by atoms with Gasteiger partial charge in [-0.25, -0.2) is 19.4 Å². The quantitative estimate of drug-likeness (QED) is 0.0436. The number of aromatic nitrogens is 7. The van der Waals surface area contributed by atoms with Gasteiger partial charge < -0.3 is 42.6 Å². The number of carbonyl (C=O) groups excluding carboxylic acids is 6. The topological polar surface area (TPSA) is 226 Å². The Balaban J connectivity index is 0.000000141. The number of pyridine rings is 3. The highest BCUT2D eigenvalue weighted by Crippen LogP contribution is 2.44. The summed E-state index contributed by atoms with van der Waals surface area (Å²) in [6, 6.07) is 65.0. The first-order valence-corrected chi connectivity index (χ1v) is 56.0. The molecule has 150 heavy (non-hydrogen) atoms. The van der Waals surface area contributed by atoms with Crippen LogP contribution in [-0.2, 0) is 113 Å². The molecular formula is C122H143Cl3N16O9. The Hall–Kier alpha value is -12.5. The number of carbonyl (C=O) groups is 6. The fourth-order valence-corrected chi connectivity index (χ4v) is 24.6. The van der Waals surface area contributed by atoms with Crippen LogP contribution in [0.25, 0.3) is 0 Å². The number of rotatable bonds is 27. The second-order valence-corrected chi connectivity index (χ2v) is 43.4. The van der Waals surface area contributed by atoms with Gasteiger partial charge in [-0.1, -0.05) is 188 Å². The monoisotopic (exact) mass is 2080 g/mol. The van der Waals surface area contributed by atoms with Crippen LogP contribution < -0.4 is 0 Å². The van der Waals surface area contributed by atoms with Gasteiger partial charge in [0, 0.05) is 182 Å². The van der Waals surface area contributed by atoms with Gasteiger partial charge in [-0.2, -0.15) is 0 Å². The molecule has 28 heteroatoms. The first kappa shape index (κ1) is 106. The zero-order valence-corrected chi connectivity index (χ0v) is 89.3. The number of imidazole rings is 1. The van der Waals surface area contributed by atoms with Crippen molar-refractivity contribution in [2.24, 2.45) is 0 Å². The predicted octanol–water partition coefficient (Wildman–Crippen LogP) is 22.1. The molecule has 0 bridgehead atoms. The maximum absolute atomic E-state index is 15.0. The van der Waals surface area contributed by atoms with Crippen molar-refractivity contribution in [2.75, 3.05) is 78.5 Å². The van der Waals surface area contributed by atoms with E-state index in [4.69, 9.17) is 64.0 Å². The van der Waals surface area contributed by atoms with E-state index in [1.54, 1.807) is 21.0 Å². The maximum Gasteiger partial charge on any atom is 0.410 e. The molecule has 6 aromatic heterocycles. The highest BCUT2D eigenvalue weighted by Gasteiger charge is 2.48. The van der Waals surface area contributed by atoms with E-state index in [0.29, 0.717) is 110 Å². The van der Waals surface area contributed by atoms with Gasteiger partial charge in [0.1, 0.15) is 36.4 Å². The highest BCUT2D eigenvalue weighted by atomic mass is 35.5. The summed E-state index contributed by atoms with van der Waals surface area (Å²) in [6.45, 7) is 15.5. The standard InChI is InChI=1S/C42H50ClN5O3.C41H48ClN5O3.C39H45ClN6O3/c1-2-31-20-24-45(28-31)22-10-23-47(29-32-11-5-3-6-12-32)41(49)38-30-46(25-26-48(38)42(50)51-36-14-7-4-8-15-36)40-37-19-18-35(43)27-34(37)17-16-33-13-9-21-44-39(33)40;1-30-11-9-22-44(30)23-10-24-46(28-31-12-4-2-5-13-31)40(48)37-29-45(25-26-47(37)41(49)50-35-15-6-3-7-16-35)39-36-20-19-34(42)27-33(36)18-17-32-14-8-21-43-38(32)39;1-28-24-43(27-42-28)19-20-45(25-29-9-4-2-5-10-29)38(47)35-26-44(21-22-46(35)39(48)49-33-12-6-3-7-13-33)37-34-17-16-32(40)23-31(34)15-14-30-11-8-18-41-36(30)37/h3,5-6,9,11-13,18-21,24,27-28,36,38,40H,2,4,7-8,10,14-17,22-23,25-26,29-30H2,1H3;2,4-5,8-9,11-14,19-22,27,35,37,39H,3,6-7,10,15-18,23-26,28-29H2,1H3;2,4-5,8-11,16-18,23-24,27,33,35,37H,3,6-7,12-15,19-22,25-26H2,1H3/t38-,40+;37-,39+;35-,37+/m111/s1. The number of aryl methyl sites for hydroxylation is 11. The van der Waals surface area contributed by atoms with Crippen molar-refractivity contribution in [2.45, 2.75) is 269 Å². The van der Waals surface area contributed by atoms with E-state index in [9.17, 15) is 19.2 Å². The zero-order chi connectivity index (χ0) is 103. The summed E-state index contributed by atoms with van der Waals surface area (Å²) in [5, 5.41) is 2.15. The summed E-state index contributed by atoms with van der Waals surface area (Å²) in [7, 11) is 0. The van der Waals surface area contributed by atoms with Crippen LogP contribution in [-0.4, -0.2) is 229 Å². The Kier molecular flexibility index (Phi) is 36.1. The fraction of sp³-hybridized carbons (Fsp3) is 0.443. The minimum Gasteiger partial charge on any atom is -0.446 e. The molecule has 6 aromatic carbocycles. The van der Waals surface area contributed by atoms with Crippen molar-refractivity contribution >= 4 is 70.8 Å². The number of halogens is 3. The number of ether oxygens (including phenoxy) is 3. The smallest absolute Gasteiger partial charge is 0.410 e. The Labute approximate surface area is 898 Å². The molecule has 6 fully saturated rings. The third kappa shape index (κ3) is 26.4. The van der Waals surface area contributed by atoms with Gasteiger partial charge in [0.15, 0.2) is 0 Å². The lowest BCUT2D eigenvalue weighted by atomic mass is 9.95. The average Bonchev–Trinajstić information content (AvgIpc) is 1.41. The summed E-state index contributed by atoms with van der Waals surface area (Å²) in [5.74, 6) is -0.177. The van der Waals surface area contributed by atoms with Crippen molar-refractivity contribution in [3.63, 3.8) is 0 Å². The summed E-state index contributed by atoms with van der Waals surface area (Å²) in [5.41, 5.74) is 20.3. The van der Waals surface area contributed by atoms with E-state index in [-0.39, 0.29) is 72.4 Å². The van der Waals surface area contributed by atoms with Crippen LogP contribution in [0.15, 0.2) is 250 Å². The SMILES string of the molecule is CCc1ccn(CCCN(Cc2ccccc2)C(=O)[C@H]2CN([C@H]3c4ccc(Cl)cc4CCc4cccnc43)CCN2C(=O)OC2CCCCC2)c1.Cc1cccn1CCCN(Cc1ccccc1)C(=O)[C@H]1CN([C@H]2c3ccc(Cl)cc3CCc3cccnc32)CCN1C(=O)OC1CCCCC1.Cc1cn(CCN(Cc2ccccc2)C(=O)[C@H]2CN([C@H]3c4ccc(Cl)cc4CCc4cccnc43)CCN2C(=O)OC2CCCCC2)cn1. The van der Waals surface area contributed by atoms with Crippen molar-refractivity contribution in [3.8, 4) is 0 Å². The molecule has 3 aliphatic heterocycles. The summed E-state index contributed by atoms with van der Waals surface area (Å²) < 4.78 is 24.9. The van der Waals surface area contributed by atoms with Gasteiger partial charge in [-0.3, -0.25) is 58.7 Å². The van der Waals surface area contributed by atoms with Crippen LogP contribution in [0.2, 0.25) is 15.1 Å². The van der Waals surface area contributed by atoms with Gasteiger partial charge >= 0.3 is 18.3 Å². The van der Waals surface area contributed by atoms with E-state index in [0.717, 1.165) is 203 Å². The van der Waals surface area contributed by atoms with Crippen LogP contribution in [0.3, 0.4) is 0 Å². The third-order valence-corrected chi connectivity index (χ3v) is 32.7. The highest BCUT2D eigenvalue weighted by molar-refractivity contribution is 6.31. The molecule has 0 unspecified atom stereocenters. The second-order valence-electron chi connectivity index (χ2n) is 42.1. The Morgan fingerprint density at radius 2 is 0.720 bits per heavy atom. The molecule has 12 aromatic rings. The molecule has 3 saturated carbocycles. The van der Waals surface area contributed by atoms with Crippen LogP contribution in [0.4, 0.5) is 14.4 Å². The first-order chi connectivity index (χ1) is 73.3. The van der Waals surface area contributed by atoms with Crippen molar-refractivity contribution in [1.82, 2.24) is 77.7 Å². The van der Waals surface area contributed by atoms with Crippen molar-refractivity contribution in [1.29, 1.82) is 0 Å².